The standard InChI is InChI=1S/C30H36N4O5S/c1-6-38-26-19-24-25(20-27(26)39-7-2)32-30(35)28(24)29(21-11-9-8-10-12-21)31-22-13-15-23(16-14-22)34(40(5,36)37)18-17-33(3)4/h8-16,19-20,32,35H,6-7,17-18H2,1-5H3. The maximum absolute atomic E-state index is 12.5. The first-order chi connectivity index (χ1) is 19.1. The second kappa shape index (κ2) is 12.4. The summed E-state index contributed by atoms with van der Waals surface area (Å²) in [5.41, 5.74) is 3.73. The average molecular weight is 565 g/mol. The van der Waals surface area contributed by atoms with Gasteiger partial charge in [0.15, 0.2) is 17.4 Å². The zero-order chi connectivity index (χ0) is 28.9. The Labute approximate surface area is 235 Å². The van der Waals surface area contributed by atoms with E-state index in [-0.39, 0.29) is 5.88 Å². The zero-order valence-corrected chi connectivity index (χ0v) is 24.3. The quantitative estimate of drug-likeness (QED) is 0.230. The van der Waals surface area contributed by atoms with Gasteiger partial charge < -0.3 is 24.5 Å². The zero-order valence-electron chi connectivity index (χ0n) is 23.5. The van der Waals surface area contributed by atoms with Crippen LogP contribution in [0.15, 0.2) is 71.7 Å². The Morgan fingerprint density at radius 3 is 2.12 bits per heavy atom. The number of hydrogen-bond acceptors (Lipinski definition) is 7. The minimum Gasteiger partial charge on any atom is -0.494 e. The van der Waals surface area contributed by atoms with Crippen molar-refractivity contribution in [2.24, 2.45) is 4.99 Å². The van der Waals surface area contributed by atoms with Crippen molar-refractivity contribution in [3.8, 4) is 17.4 Å². The number of nitrogens with one attached hydrogen (secondary N) is 1. The molecule has 0 saturated carbocycles. The van der Waals surface area contributed by atoms with E-state index in [0.717, 1.165) is 10.9 Å². The summed E-state index contributed by atoms with van der Waals surface area (Å²) in [5, 5.41) is 11.8. The molecule has 0 unspecified atom stereocenters. The number of H-pyrrole nitrogens is 1. The van der Waals surface area contributed by atoms with Crippen LogP contribution in [0.4, 0.5) is 11.4 Å². The van der Waals surface area contributed by atoms with Gasteiger partial charge in [0.2, 0.25) is 10.0 Å². The number of sulfonamides is 1. The molecule has 2 N–H and O–H groups in total. The second-order valence-corrected chi connectivity index (χ2v) is 11.4. The molecule has 4 rings (SSSR count). The Balaban J connectivity index is 1.83. The Morgan fingerprint density at radius 1 is 0.925 bits per heavy atom. The van der Waals surface area contributed by atoms with Crippen molar-refractivity contribution < 1.29 is 23.0 Å². The predicted octanol–water partition coefficient (Wildman–Crippen LogP) is 5.17. The molecule has 0 amide bonds. The van der Waals surface area contributed by atoms with Crippen molar-refractivity contribution >= 4 is 38.0 Å². The maximum Gasteiger partial charge on any atom is 0.232 e. The first kappa shape index (κ1) is 29.0. The van der Waals surface area contributed by atoms with Gasteiger partial charge in [0, 0.05) is 30.1 Å². The summed E-state index contributed by atoms with van der Waals surface area (Å²) in [4.78, 5) is 9.93. The lowest BCUT2D eigenvalue weighted by Crippen LogP contribution is -2.35. The third-order valence-electron chi connectivity index (χ3n) is 6.26. The smallest absolute Gasteiger partial charge is 0.232 e. The van der Waals surface area contributed by atoms with Gasteiger partial charge in [-0.2, -0.15) is 0 Å². The lowest BCUT2D eigenvalue weighted by molar-refractivity contribution is 0.288. The molecule has 9 nitrogen and oxygen atoms in total. The van der Waals surface area contributed by atoms with Gasteiger partial charge in [-0.15, -0.1) is 0 Å². The van der Waals surface area contributed by atoms with Gasteiger partial charge in [0.1, 0.15) is 0 Å². The molecule has 212 valence electrons. The van der Waals surface area contributed by atoms with E-state index in [1.54, 1.807) is 24.3 Å². The van der Waals surface area contributed by atoms with Crippen LogP contribution in [0.5, 0.6) is 17.4 Å². The normalized spacial score (nSPS) is 12.2. The molecular weight excluding hydrogens is 528 g/mol. The number of aromatic nitrogens is 1. The first-order valence-electron chi connectivity index (χ1n) is 13.1. The molecule has 40 heavy (non-hydrogen) atoms. The number of benzene rings is 3. The topological polar surface area (TPSA) is 107 Å². The monoisotopic (exact) mass is 564 g/mol. The van der Waals surface area contributed by atoms with Gasteiger partial charge in [-0.25, -0.2) is 13.4 Å². The van der Waals surface area contributed by atoms with Crippen molar-refractivity contribution in [2.45, 2.75) is 13.8 Å². The number of fused-ring (bicyclic) bond motifs is 1. The SMILES string of the molecule is CCOc1cc2[nH]c(O)c(C(=Nc3ccc(N(CCN(C)C)S(C)(=O)=O)cc3)c3ccccc3)c2cc1OCC. The van der Waals surface area contributed by atoms with Crippen molar-refractivity contribution in [2.75, 3.05) is 51.0 Å². The van der Waals surface area contributed by atoms with Crippen LogP contribution in [-0.4, -0.2) is 75.8 Å². The third kappa shape index (κ3) is 6.57. The van der Waals surface area contributed by atoms with Crippen LogP contribution < -0.4 is 13.8 Å². The van der Waals surface area contributed by atoms with Crippen LogP contribution in [0.1, 0.15) is 25.0 Å². The molecule has 10 heteroatoms. The summed E-state index contributed by atoms with van der Waals surface area (Å²) in [6, 6.07) is 20.3. The molecule has 1 heterocycles. The van der Waals surface area contributed by atoms with Crippen molar-refractivity contribution in [3.63, 3.8) is 0 Å². The fourth-order valence-corrected chi connectivity index (χ4v) is 5.34. The van der Waals surface area contributed by atoms with Crippen LogP contribution in [0.25, 0.3) is 10.9 Å². The summed E-state index contributed by atoms with van der Waals surface area (Å²) in [7, 11) is 0.339. The Morgan fingerprint density at radius 2 is 1.55 bits per heavy atom. The summed E-state index contributed by atoms with van der Waals surface area (Å²) >= 11 is 0. The van der Waals surface area contributed by atoms with Crippen molar-refractivity contribution in [1.29, 1.82) is 0 Å². The number of likely N-dealkylation sites (N-methyl/N-ethyl adjacent to an activating group) is 1. The molecular formula is C30H36N4O5S. The number of nitrogens with zero attached hydrogens (tertiary/aromatic N) is 3. The van der Waals surface area contributed by atoms with Crippen LogP contribution in [-0.2, 0) is 10.0 Å². The van der Waals surface area contributed by atoms with Crippen LogP contribution in [0, 0.1) is 0 Å². The fraction of sp³-hybridized carbons (Fsp3) is 0.300. The highest BCUT2D eigenvalue weighted by atomic mass is 32.2. The van der Waals surface area contributed by atoms with Crippen LogP contribution >= 0.6 is 0 Å². The van der Waals surface area contributed by atoms with E-state index in [1.165, 1.54) is 10.6 Å². The molecule has 0 aliphatic heterocycles. The van der Waals surface area contributed by atoms with E-state index in [1.807, 2.05) is 75.3 Å². The van der Waals surface area contributed by atoms with Gasteiger partial charge in [-0.1, -0.05) is 30.3 Å². The molecule has 0 saturated heterocycles. The van der Waals surface area contributed by atoms with Gasteiger partial charge in [0.05, 0.1) is 47.6 Å². The largest absolute Gasteiger partial charge is 0.494 e. The fourth-order valence-electron chi connectivity index (χ4n) is 4.42. The molecule has 0 fully saturated rings. The number of aromatic hydroxyl groups is 1. The molecule has 0 aliphatic carbocycles. The average Bonchev–Trinajstić information content (AvgIpc) is 3.22. The lowest BCUT2D eigenvalue weighted by Gasteiger charge is -2.24. The minimum absolute atomic E-state index is 0.0303. The summed E-state index contributed by atoms with van der Waals surface area (Å²) in [6.45, 7) is 5.66. The van der Waals surface area contributed by atoms with Crippen molar-refractivity contribution in [3.05, 3.63) is 77.9 Å². The highest BCUT2D eigenvalue weighted by molar-refractivity contribution is 7.92. The van der Waals surface area contributed by atoms with Gasteiger partial charge in [0.25, 0.3) is 0 Å². The Bertz CT molecular complexity index is 1580. The molecule has 0 atom stereocenters. The number of rotatable bonds is 12. The predicted molar refractivity (Wildman–Crippen MR) is 161 cm³/mol. The molecule has 0 aliphatic rings. The maximum atomic E-state index is 12.5. The second-order valence-electron chi connectivity index (χ2n) is 9.54. The minimum atomic E-state index is -3.46. The summed E-state index contributed by atoms with van der Waals surface area (Å²) < 4.78 is 38.0. The van der Waals surface area contributed by atoms with E-state index in [4.69, 9.17) is 14.5 Å². The highest BCUT2D eigenvalue weighted by Crippen LogP contribution is 2.39. The number of hydrogen-bond donors (Lipinski definition) is 2. The van der Waals surface area contributed by atoms with Crippen molar-refractivity contribution in [1.82, 2.24) is 9.88 Å². The molecule has 4 aromatic rings. The van der Waals surface area contributed by atoms with E-state index in [0.29, 0.717) is 66.0 Å². The van der Waals surface area contributed by atoms with Crippen LogP contribution in [0.2, 0.25) is 0 Å². The Hall–Kier alpha value is -4.02. The summed E-state index contributed by atoms with van der Waals surface area (Å²) in [5.74, 6) is 1.13. The number of ether oxygens (including phenoxy) is 2. The molecule has 0 bridgehead atoms. The van der Waals surface area contributed by atoms with E-state index in [9.17, 15) is 13.5 Å². The van der Waals surface area contributed by atoms with E-state index >= 15 is 0 Å². The number of anilines is 1. The van der Waals surface area contributed by atoms with E-state index < -0.39 is 10.0 Å². The molecule has 0 radical (unpaired) electrons. The number of aliphatic imine (C=N–C) groups is 1. The van der Waals surface area contributed by atoms with Gasteiger partial charge >= 0.3 is 0 Å². The van der Waals surface area contributed by atoms with Crippen LogP contribution in [0.3, 0.4) is 0 Å². The molecule has 0 spiro atoms. The molecule has 1 aromatic heterocycles. The number of aromatic amines is 1. The first-order valence-corrected chi connectivity index (χ1v) is 15.0. The van der Waals surface area contributed by atoms with Gasteiger partial charge in [-0.3, -0.25) is 4.31 Å². The lowest BCUT2D eigenvalue weighted by atomic mass is 10.0. The van der Waals surface area contributed by atoms with Gasteiger partial charge in [-0.05, 0) is 58.3 Å². The molecule has 3 aromatic carbocycles. The highest BCUT2D eigenvalue weighted by Gasteiger charge is 2.22. The summed E-state index contributed by atoms with van der Waals surface area (Å²) in [6.07, 6.45) is 1.20. The van der Waals surface area contributed by atoms with E-state index in [2.05, 4.69) is 4.98 Å². The third-order valence-corrected chi connectivity index (χ3v) is 7.45. The Kier molecular flexibility index (Phi) is 9.01.